The highest BCUT2D eigenvalue weighted by Crippen LogP contribution is 2.26. The number of rotatable bonds is 6. The monoisotopic (exact) mass is 230 g/mol. The number of carbonyl (C=O) groups is 2. The molecule has 0 saturated carbocycles. The summed E-state index contributed by atoms with van der Waals surface area (Å²) in [6, 6.07) is 0. The average molecular weight is 230 g/mol. The number of hydrogen-bond donors (Lipinski definition) is 0. The van der Waals surface area contributed by atoms with E-state index in [1.165, 1.54) is 0 Å². The molecule has 1 heterocycles. The third-order valence-corrected chi connectivity index (χ3v) is 1.97. The number of hydrogen-bond acceptors (Lipinski definition) is 6. The second-order valence-electron chi connectivity index (χ2n) is 3.22. The largest absolute Gasteiger partial charge is 0.511 e. The molecule has 1 atom stereocenters. The number of unbranched alkanes of at least 4 members (excludes halogenated alkanes) is 1. The molecule has 1 aliphatic rings. The lowest BCUT2D eigenvalue weighted by atomic mass is 10.1. The van der Waals surface area contributed by atoms with Crippen molar-refractivity contribution in [3.63, 3.8) is 0 Å². The van der Waals surface area contributed by atoms with Crippen molar-refractivity contribution in [3.8, 4) is 0 Å². The minimum atomic E-state index is -1.70. The van der Waals surface area contributed by atoms with E-state index < -0.39 is 17.7 Å². The van der Waals surface area contributed by atoms with E-state index in [2.05, 4.69) is 16.4 Å². The molecule has 1 fully saturated rings. The molecule has 1 saturated heterocycles. The lowest BCUT2D eigenvalue weighted by Gasteiger charge is -2.35. The zero-order chi connectivity index (χ0) is 12.0. The molecule has 0 aromatic heterocycles. The number of ether oxygens (including phenoxy) is 2. The van der Waals surface area contributed by atoms with Crippen LogP contribution in [0.15, 0.2) is 12.7 Å². The Morgan fingerprint density at radius 1 is 1.56 bits per heavy atom. The molecule has 0 spiro atoms. The Hall–Kier alpha value is -1.40. The van der Waals surface area contributed by atoms with E-state index >= 15 is 0 Å². The molecule has 16 heavy (non-hydrogen) atoms. The van der Waals surface area contributed by atoms with Crippen LogP contribution in [0, 0.1) is 0 Å². The minimum Gasteiger partial charge on any atom is -0.434 e. The molecule has 1 aliphatic heterocycles. The summed E-state index contributed by atoms with van der Waals surface area (Å²) in [5.74, 6) is -2.28. The van der Waals surface area contributed by atoms with Crippen molar-refractivity contribution in [2.24, 2.45) is 0 Å². The molecule has 0 amide bonds. The fourth-order valence-corrected chi connectivity index (χ4v) is 0.994. The van der Waals surface area contributed by atoms with Crippen LogP contribution in [-0.2, 0) is 24.0 Å². The summed E-state index contributed by atoms with van der Waals surface area (Å²) >= 11 is 0. The van der Waals surface area contributed by atoms with Crippen LogP contribution in [0.2, 0.25) is 0 Å². The van der Waals surface area contributed by atoms with Gasteiger partial charge in [-0.15, -0.1) is 0 Å². The van der Waals surface area contributed by atoms with Gasteiger partial charge >= 0.3 is 11.9 Å². The van der Waals surface area contributed by atoms with Crippen LogP contribution in [0.1, 0.15) is 19.8 Å². The van der Waals surface area contributed by atoms with Crippen LogP contribution < -0.4 is 0 Å². The van der Waals surface area contributed by atoms with Gasteiger partial charge in [0.25, 0.3) is 0 Å². The fraction of sp³-hybridized carbons (Fsp3) is 0.600. The molecule has 90 valence electrons. The Bertz CT molecular complexity index is 281. The van der Waals surface area contributed by atoms with Gasteiger partial charge in [-0.3, -0.25) is 4.79 Å². The second kappa shape index (κ2) is 5.62. The normalized spacial score (nSPS) is 23.1. The van der Waals surface area contributed by atoms with Crippen LogP contribution in [0.25, 0.3) is 0 Å². The van der Waals surface area contributed by atoms with E-state index in [1.54, 1.807) is 0 Å². The van der Waals surface area contributed by atoms with E-state index in [-0.39, 0.29) is 13.2 Å². The van der Waals surface area contributed by atoms with Crippen molar-refractivity contribution in [3.05, 3.63) is 12.7 Å². The first kappa shape index (κ1) is 12.7. The van der Waals surface area contributed by atoms with E-state index in [0.717, 1.165) is 18.9 Å². The first-order chi connectivity index (χ1) is 7.64. The third kappa shape index (κ3) is 2.80. The van der Waals surface area contributed by atoms with Crippen molar-refractivity contribution in [1.29, 1.82) is 0 Å². The second-order valence-corrected chi connectivity index (χ2v) is 3.22. The predicted octanol–water partition coefficient (Wildman–Crippen LogP) is 1.35. The molecule has 1 unspecified atom stereocenters. The molecule has 0 aromatic carbocycles. The van der Waals surface area contributed by atoms with Crippen molar-refractivity contribution in [2.45, 2.75) is 25.6 Å². The van der Waals surface area contributed by atoms with Crippen molar-refractivity contribution >= 4 is 11.9 Å². The van der Waals surface area contributed by atoms with Crippen LogP contribution in [0.5, 0.6) is 0 Å². The lowest BCUT2D eigenvalue weighted by Crippen LogP contribution is -2.56. The maximum atomic E-state index is 11.3. The maximum absolute atomic E-state index is 11.3. The fourth-order valence-electron chi connectivity index (χ4n) is 0.994. The third-order valence-electron chi connectivity index (χ3n) is 1.97. The Kier molecular flexibility index (Phi) is 4.45. The topological polar surface area (TPSA) is 71.1 Å². The SMILES string of the molecule is C=CC(=O)C1(OC(=O)OCCCC)COO1. The first-order valence-corrected chi connectivity index (χ1v) is 4.98. The van der Waals surface area contributed by atoms with Gasteiger partial charge in [0, 0.05) is 0 Å². The molecule has 0 aliphatic carbocycles. The van der Waals surface area contributed by atoms with Gasteiger partial charge in [-0.2, -0.15) is 4.89 Å². The highest BCUT2D eigenvalue weighted by atomic mass is 17.3. The van der Waals surface area contributed by atoms with Gasteiger partial charge in [-0.1, -0.05) is 19.9 Å². The number of carbonyl (C=O) groups excluding carboxylic acids is 2. The van der Waals surface area contributed by atoms with E-state index in [0.29, 0.717) is 0 Å². The molecule has 0 radical (unpaired) electrons. The zero-order valence-corrected chi connectivity index (χ0v) is 9.06. The summed E-state index contributed by atoms with van der Waals surface area (Å²) in [6.45, 7) is 5.33. The summed E-state index contributed by atoms with van der Waals surface area (Å²) in [7, 11) is 0. The number of ketones is 1. The molecule has 6 heteroatoms. The van der Waals surface area contributed by atoms with Crippen molar-refractivity contribution < 1.29 is 28.8 Å². The van der Waals surface area contributed by atoms with Gasteiger partial charge in [-0.25, -0.2) is 9.68 Å². The average Bonchev–Trinajstić information content (AvgIpc) is 2.23. The molecular formula is C10H14O6. The first-order valence-electron chi connectivity index (χ1n) is 4.98. The Labute approximate surface area is 93.0 Å². The molecular weight excluding hydrogens is 216 g/mol. The van der Waals surface area contributed by atoms with Crippen LogP contribution in [0.4, 0.5) is 4.79 Å². The summed E-state index contributed by atoms with van der Waals surface area (Å²) in [5.41, 5.74) is 0. The molecule has 1 rings (SSSR count). The van der Waals surface area contributed by atoms with E-state index in [1.807, 2.05) is 6.92 Å². The van der Waals surface area contributed by atoms with Crippen LogP contribution in [-0.4, -0.2) is 30.9 Å². The Morgan fingerprint density at radius 3 is 2.69 bits per heavy atom. The minimum absolute atomic E-state index is 0.152. The molecule has 0 N–H and O–H groups in total. The highest BCUT2D eigenvalue weighted by molar-refractivity contribution is 5.96. The smallest absolute Gasteiger partial charge is 0.434 e. The molecule has 0 aromatic rings. The quantitative estimate of drug-likeness (QED) is 0.297. The Balaban J connectivity index is 2.41. The van der Waals surface area contributed by atoms with Gasteiger partial charge in [-0.05, 0) is 12.5 Å². The zero-order valence-electron chi connectivity index (χ0n) is 9.06. The predicted molar refractivity (Wildman–Crippen MR) is 52.3 cm³/mol. The van der Waals surface area contributed by atoms with E-state index in [9.17, 15) is 9.59 Å². The lowest BCUT2D eigenvalue weighted by molar-refractivity contribution is -0.506. The summed E-state index contributed by atoms with van der Waals surface area (Å²) in [6.07, 6.45) is 1.67. The van der Waals surface area contributed by atoms with Crippen LogP contribution in [0.3, 0.4) is 0 Å². The highest BCUT2D eigenvalue weighted by Gasteiger charge is 2.52. The van der Waals surface area contributed by atoms with Gasteiger partial charge in [0.1, 0.15) is 0 Å². The summed E-state index contributed by atoms with van der Waals surface area (Å²) in [5, 5.41) is 0. The van der Waals surface area contributed by atoms with E-state index in [4.69, 9.17) is 9.47 Å². The summed E-state index contributed by atoms with van der Waals surface area (Å²) < 4.78 is 9.47. The van der Waals surface area contributed by atoms with Gasteiger partial charge in [0.15, 0.2) is 6.61 Å². The Morgan fingerprint density at radius 2 is 2.25 bits per heavy atom. The van der Waals surface area contributed by atoms with Crippen molar-refractivity contribution in [2.75, 3.05) is 13.2 Å². The van der Waals surface area contributed by atoms with Gasteiger partial charge in [0.05, 0.1) is 6.61 Å². The molecule has 6 nitrogen and oxygen atoms in total. The summed E-state index contributed by atoms with van der Waals surface area (Å²) in [4.78, 5) is 31.4. The van der Waals surface area contributed by atoms with Crippen LogP contribution >= 0.6 is 0 Å². The van der Waals surface area contributed by atoms with Crippen molar-refractivity contribution in [1.82, 2.24) is 0 Å². The van der Waals surface area contributed by atoms with Gasteiger partial charge < -0.3 is 9.47 Å². The molecule has 0 bridgehead atoms. The maximum Gasteiger partial charge on any atom is 0.511 e. The van der Waals surface area contributed by atoms with Gasteiger partial charge in [0.2, 0.25) is 5.78 Å². The standard InChI is InChI=1S/C10H14O6/c1-3-5-6-13-9(12)15-10(7-14-16-10)8(11)4-2/h4H,2-3,5-7H2,1H3.